The number of esters is 1. The number of nitrogens with zero attached hydrogens (tertiary/aromatic N) is 2. The molecular weight excluding hydrogens is 390 g/mol. The average molecular weight is 411 g/mol. The maximum absolute atomic E-state index is 12.6. The summed E-state index contributed by atoms with van der Waals surface area (Å²) in [6, 6.07) is 8.92. The second kappa shape index (κ2) is 8.00. The number of likely N-dealkylation sites (N-methyl/N-ethyl adjacent to an activating group) is 1. The van der Waals surface area contributed by atoms with Gasteiger partial charge in [-0.3, -0.25) is 19.8 Å². The molecule has 1 aliphatic rings. The Morgan fingerprint density at radius 2 is 1.86 bits per heavy atom. The molecular formula is C21H21N3O4S. The molecule has 0 bridgehead atoms. The number of nitrogens with one attached hydrogen (secondary N) is 1. The van der Waals surface area contributed by atoms with E-state index in [1.165, 1.54) is 12.0 Å². The molecule has 1 aromatic carbocycles. The second-order valence-corrected chi connectivity index (χ2v) is 6.95. The summed E-state index contributed by atoms with van der Waals surface area (Å²) in [5.74, 6) is -1.31. The molecule has 0 aliphatic carbocycles. The lowest BCUT2D eigenvalue weighted by molar-refractivity contribution is -0.128. The molecule has 0 saturated carbocycles. The highest BCUT2D eigenvalue weighted by atomic mass is 32.1. The van der Waals surface area contributed by atoms with Gasteiger partial charge in [-0.2, -0.15) is 0 Å². The van der Waals surface area contributed by atoms with Crippen molar-refractivity contribution in [2.45, 2.75) is 20.8 Å². The molecule has 1 saturated heterocycles. The Labute approximate surface area is 173 Å². The fraction of sp³-hybridized carbons (Fsp3) is 0.238. The highest BCUT2D eigenvalue weighted by Crippen LogP contribution is 2.24. The lowest BCUT2D eigenvalue weighted by Crippen LogP contribution is -2.53. The van der Waals surface area contributed by atoms with Crippen LogP contribution in [0.3, 0.4) is 0 Å². The number of aryl methyl sites for hydroxylation is 1. The van der Waals surface area contributed by atoms with E-state index in [0.29, 0.717) is 12.1 Å². The third kappa shape index (κ3) is 3.71. The predicted octanol–water partition coefficient (Wildman–Crippen LogP) is 2.53. The van der Waals surface area contributed by atoms with Crippen LogP contribution in [0.5, 0.6) is 0 Å². The van der Waals surface area contributed by atoms with Crippen LogP contribution in [0, 0.1) is 13.8 Å². The summed E-state index contributed by atoms with van der Waals surface area (Å²) in [6.45, 7) is 6.00. The quantitative estimate of drug-likeness (QED) is 0.362. The molecule has 1 aliphatic heterocycles. The monoisotopic (exact) mass is 411 g/mol. The Morgan fingerprint density at radius 3 is 2.45 bits per heavy atom. The summed E-state index contributed by atoms with van der Waals surface area (Å²) in [5.41, 5.74) is 3.89. The van der Waals surface area contributed by atoms with Gasteiger partial charge in [-0.1, -0.05) is 0 Å². The molecule has 0 unspecified atom stereocenters. The molecule has 2 heterocycles. The first-order valence-electron chi connectivity index (χ1n) is 9.05. The molecule has 7 nitrogen and oxygen atoms in total. The molecule has 0 spiro atoms. The number of benzene rings is 1. The molecule has 1 aromatic heterocycles. The van der Waals surface area contributed by atoms with Crippen LogP contribution in [-0.4, -0.2) is 46.0 Å². The molecule has 0 atom stereocenters. The average Bonchev–Trinajstić information content (AvgIpc) is 2.98. The molecule has 2 amide bonds. The van der Waals surface area contributed by atoms with Gasteiger partial charge in [-0.25, -0.2) is 4.79 Å². The summed E-state index contributed by atoms with van der Waals surface area (Å²) in [5, 5.41) is 2.68. The third-order valence-electron chi connectivity index (χ3n) is 4.82. The standard InChI is InChI=1S/C21H21N3O4S/c1-5-23-19(26)17(18(25)22-21(23)29)11-15-10-12(2)24(13(15)3)16-8-6-14(7-9-16)20(27)28-4/h6-11H,5H2,1-4H3,(H,22,25,29)/b17-11-. The van der Waals surface area contributed by atoms with Crippen LogP contribution in [0.4, 0.5) is 0 Å². The van der Waals surface area contributed by atoms with Gasteiger partial charge in [0.15, 0.2) is 5.11 Å². The number of methoxy groups -OCH3 is 1. The number of hydrogen-bond acceptors (Lipinski definition) is 5. The highest BCUT2D eigenvalue weighted by molar-refractivity contribution is 7.80. The third-order valence-corrected chi connectivity index (χ3v) is 5.14. The smallest absolute Gasteiger partial charge is 0.337 e. The Morgan fingerprint density at radius 1 is 1.21 bits per heavy atom. The number of ether oxygens (including phenoxy) is 1. The lowest BCUT2D eigenvalue weighted by Gasteiger charge is -2.27. The maximum atomic E-state index is 12.6. The summed E-state index contributed by atoms with van der Waals surface area (Å²) < 4.78 is 6.71. The molecule has 1 fully saturated rings. The van der Waals surface area contributed by atoms with Crippen LogP contribution in [0.1, 0.15) is 34.2 Å². The first-order chi connectivity index (χ1) is 13.8. The summed E-state index contributed by atoms with van der Waals surface area (Å²) in [6.07, 6.45) is 1.59. The van der Waals surface area contributed by atoms with E-state index in [4.69, 9.17) is 17.0 Å². The van der Waals surface area contributed by atoms with Crippen molar-refractivity contribution in [3.63, 3.8) is 0 Å². The molecule has 1 N–H and O–H groups in total. The van der Waals surface area contributed by atoms with Crippen LogP contribution >= 0.6 is 12.2 Å². The Hall–Kier alpha value is -3.26. The van der Waals surface area contributed by atoms with Crippen LogP contribution in [0.15, 0.2) is 35.9 Å². The Kier molecular flexibility index (Phi) is 5.65. The SMILES string of the molecule is CCN1C(=O)/C(=C\c2cc(C)n(-c3ccc(C(=O)OC)cc3)c2C)C(=O)NC1=S. The highest BCUT2D eigenvalue weighted by Gasteiger charge is 2.32. The van der Waals surface area contributed by atoms with E-state index in [1.807, 2.05) is 36.6 Å². The minimum atomic E-state index is -0.503. The van der Waals surface area contributed by atoms with E-state index >= 15 is 0 Å². The summed E-state index contributed by atoms with van der Waals surface area (Å²) >= 11 is 5.06. The van der Waals surface area contributed by atoms with Gasteiger partial charge in [0.1, 0.15) is 5.57 Å². The van der Waals surface area contributed by atoms with Gasteiger partial charge >= 0.3 is 5.97 Å². The van der Waals surface area contributed by atoms with Crippen molar-refractivity contribution in [3.05, 3.63) is 58.4 Å². The van der Waals surface area contributed by atoms with Crippen molar-refractivity contribution >= 4 is 41.2 Å². The van der Waals surface area contributed by atoms with Gasteiger partial charge in [-0.15, -0.1) is 0 Å². The number of carbonyl (C=O) groups is 3. The number of aromatic nitrogens is 1. The zero-order valence-electron chi connectivity index (χ0n) is 16.6. The zero-order valence-corrected chi connectivity index (χ0v) is 17.4. The van der Waals surface area contributed by atoms with E-state index in [0.717, 1.165) is 22.6 Å². The van der Waals surface area contributed by atoms with Crippen LogP contribution < -0.4 is 5.32 Å². The molecule has 150 valence electrons. The van der Waals surface area contributed by atoms with Gasteiger partial charge in [-0.05, 0) is 75.0 Å². The fourth-order valence-electron chi connectivity index (χ4n) is 3.33. The predicted molar refractivity (Wildman–Crippen MR) is 113 cm³/mol. The van der Waals surface area contributed by atoms with E-state index in [-0.39, 0.29) is 10.7 Å². The van der Waals surface area contributed by atoms with Crippen LogP contribution in [-0.2, 0) is 14.3 Å². The van der Waals surface area contributed by atoms with Gasteiger partial charge < -0.3 is 9.30 Å². The maximum Gasteiger partial charge on any atom is 0.337 e. The topological polar surface area (TPSA) is 80.6 Å². The van der Waals surface area contributed by atoms with Gasteiger partial charge in [0.25, 0.3) is 11.8 Å². The number of carbonyl (C=O) groups excluding carboxylic acids is 3. The molecule has 29 heavy (non-hydrogen) atoms. The van der Waals surface area contributed by atoms with Crippen LogP contribution in [0.25, 0.3) is 11.8 Å². The van der Waals surface area contributed by atoms with E-state index < -0.39 is 17.8 Å². The number of hydrogen-bond donors (Lipinski definition) is 1. The summed E-state index contributed by atoms with van der Waals surface area (Å²) in [7, 11) is 1.34. The van der Waals surface area contributed by atoms with Gasteiger partial charge in [0, 0.05) is 23.6 Å². The second-order valence-electron chi connectivity index (χ2n) is 6.57. The van der Waals surface area contributed by atoms with Crippen molar-refractivity contribution in [1.29, 1.82) is 0 Å². The number of amides is 2. The minimum Gasteiger partial charge on any atom is -0.465 e. The first kappa shape index (κ1) is 20.5. The molecule has 3 rings (SSSR count). The Bertz CT molecular complexity index is 1050. The van der Waals surface area contributed by atoms with Crippen LogP contribution in [0.2, 0.25) is 0 Å². The molecule has 2 aromatic rings. The molecule has 8 heteroatoms. The summed E-state index contributed by atoms with van der Waals surface area (Å²) in [4.78, 5) is 38.0. The minimum absolute atomic E-state index is 0.0433. The van der Waals surface area contributed by atoms with Gasteiger partial charge in [0.2, 0.25) is 0 Å². The lowest BCUT2D eigenvalue weighted by atomic mass is 10.1. The van der Waals surface area contributed by atoms with Crippen molar-refractivity contribution in [3.8, 4) is 5.69 Å². The fourth-order valence-corrected chi connectivity index (χ4v) is 3.64. The van der Waals surface area contributed by atoms with E-state index in [1.54, 1.807) is 25.1 Å². The van der Waals surface area contributed by atoms with Crippen molar-refractivity contribution < 1.29 is 19.1 Å². The van der Waals surface area contributed by atoms with Crippen molar-refractivity contribution in [1.82, 2.24) is 14.8 Å². The van der Waals surface area contributed by atoms with E-state index in [2.05, 4.69) is 5.32 Å². The Balaban J connectivity index is 2.00. The largest absolute Gasteiger partial charge is 0.465 e. The number of rotatable bonds is 4. The first-order valence-corrected chi connectivity index (χ1v) is 9.45. The zero-order chi connectivity index (χ0) is 21.3. The van der Waals surface area contributed by atoms with Gasteiger partial charge in [0.05, 0.1) is 12.7 Å². The normalized spacial score (nSPS) is 15.7. The number of thiocarbonyl (C=S) groups is 1. The molecule has 0 radical (unpaired) electrons. The van der Waals surface area contributed by atoms with Crippen molar-refractivity contribution in [2.24, 2.45) is 0 Å². The van der Waals surface area contributed by atoms with Crippen molar-refractivity contribution in [2.75, 3.05) is 13.7 Å². The van der Waals surface area contributed by atoms with E-state index in [9.17, 15) is 14.4 Å².